The number of azide groups is 3. The molecular weight excluding hydrogens is 250 g/mol. The first kappa shape index (κ1) is 12.0. The summed E-state index contributed by atoms with van der Waals surface area (Å²) in [6.07, 6.45) is 0. The molecule has 0 radical (unpaired) electrons. The lowest BCUT2D eigenvalue weighted by Crippen LogP contribution is -1.85. The highest BCUT2D eigenvalue weighted by Crippen LogP contribution is 2.36. The molecule has 1 heterocycles. The quantitative estimate of drug-likeness (QED) is 0.446. The second-order valence-corrected chi connectivity index (χ2v) is 3.12. The number of rotatable bonds is 3. The van der Waals surface area contributed by atoms with Crippen molar-refractivity contribution < 1.29 is 0 Å². The smallest absolute Gasteiger partial charge is 0.148 e. The molecule has 2 aromatic rings. The molecule has 0 N–H and O–H groups in total. The molecule has 0 saturated carbocycles. The Hall–Kier alpha value is -3.51. The van der Waals surface area contributed by atoms with Crippen LogP contribution in [0.25, 0.3) is 42.1 Å². The SMILES string of the molecule is [N-]=[N+]=Nc1nnc(N=[N+]=[N-])c2c(N=[N+]=[N-])cccc12. The lowest BCUT2D eigenvalue weighted by molar-refractivity contribution is 1.03. The summed E-state index contributed by atoms with van der Waals surface area (Å²) < 4.78 is 0. The third-order valence-corrected chi connectivity index (χ3v) is 2.18. The Labute approximate surface area is 104 Å². The van der Waals surface area contributed by atoms with Crippen molar-refractivity contribution >= 4 is 28.1 Å². The molecule has 11 heteroatoms. The minimum atomic E-state index is -0.0580. The Morgan fingerprint density at radius 2 is 1.47 bits per heavy atom. The topological polar surface area (TPSA) is 172 Å². The molecule has 0 saturated heterocycles. The molecule has 11 nitrogen and oxygen atoms in total. The van der Waals surface area contributed by atoms with E-state index >= 15 is 0 Å². The van der Waals surface area contributed by atoms with Gasteiger partial charge in [0.1, 0.15) is 0 Å². The molecule has 0 spiro atoms. The van der Waals surface area contributed by atoms with Crippen molar-refractivity contribution in [1.29, 1.82) is 0 Å². The van der Waals surface area contributed by atoms with Crippen LogP contribution >= 0.6 is 0 Å². The molecule has 1 aromatic heterocycles. The molecule has 0 aliphatic heterocycles. The summed E-state index contributed by atoms with van der Waals surface area (Å²) in [6.45, 7) is 0. The summed E-state index contributed by atoms with van der Waals surface area (Å²) in [7, 11) is 0. The molecule has 0 fully saturated rings. The predicted octanol–water partition coefficient (Wildman–Crippen LogP) is 4.46. The molecule has 0 aliphatic carbocycles. The van der Waals surface area contributed by atoms with Crippen LogP contribution < -0.4 is 0 Å². The van der Waals surface area contributed by atoms with Gasteiger partial charge in [0.15, 0.2) is 11.6 Å². The standard InChI is InChI=1S/C8H3N11/c9-17-12-5-3-1-2-4-6(5)8(16-19-11)14-13-7(4)15-18-10/h1-3H. The number of hydrogen-bond acceptors (Lipinski definition) is 5. The van der Waals surface area contributed by atoms with Crippen LogP contribution in [0.3, 0.4) is 0 Å². The predicted molar refractivity (Wildman–Crippen MR) is 66.0 cm³/mol. The molecule has 1 aromatic carbocycles. The molecule has 0 bridgehead atoms. The molecular formula is C8H3N11. The Kier molecular flexibility index (Phi) is 3.28. The van der Waals surface area contributed by atoms with E-state index < -0.39 is 0 Å². The van der Waals surface area contributed by atoms with Crippen LogP contribution in [-0.4, -0.2) is 10.2 Å². The maximum atomic E-state index is 8.51. The largest absolute Gasteiger partial charge is 0.157 e. The van der Waals surface area contributed by atoms with Crippen LogP contribution in [0.2, 0.25) is 0 Å². The molecule has 2 rings (SSSR count). The van der Waals surface area contributed by atoms with Crippen molar-refractivity contribution in [2.75, 3.05) is 0 Å². The van der Waals surface area contributed by atoms with Crippen LogP contribution in [0, 0.1) is 0 Å². The molecule has 19 heavy (non-hydrogen) atoms. The maximum Gasteiger partial charge on any atom is 0.157 e. The highest BCUT2D eigenvalue weighted by atomic mass is 15.3. The van der Waals surface area contributed by atoms with Crippen molar-refractivity contribution in [3.63, 3.8) is 0 Å². The fourth-order valence-corrected chi connectivity index (χ4v) is 1.52. The summed E-state index contributed by atoms with van der Waals surface area (Å²) in [5.74, 6) is -0.0539. The highest BCUT2D eigenvalue weighted by molar-refractivity contribution is 6.03. The van der Waals surface area contributed by atoms with Gasteiger partial charge in [-0.1, -0.05) is 23.3 Å². The Balaban J connectivity index is 2.99. The second-order valence-electron chi connectivity index (χ2n) is 3.12. The van der Waals surface area contributed by atoms with Gasteiger partial charge in [-0.2, -0.15) is 0 Å². The van der Waals surface area contributed by atoms with E-state index in [9.17, 15) is 0 Å². The Morgan fingerprint density at radius 1 is 0.842 bits per heavy atom. The summed E-state index contributed by atoms with van der Waals surface area (Å²) >= 11 is 0. The van der Waals surface area contributed by atoms with E-state index in [1.807, 2.05) is 0 Å². The number of benzene rings is 1. The molecule has 0 aliphatic rings. The Bertz CT molecular complexity index is 765. The zero-order chi connectivity index (χ0) is 13.7. The van der Waals surface area contributed by atoms with E-state index in [0.717, 1.165) is 0 Å². The second kappa shape index (κ2) is 5.21. The van der Waals surface area contributed by atoms with E-state index in [1.165, 1.54) is 6.07 Å². The molecule has 0 unspecified atom stereocenters. The average Bonchev–Trinajstić information content (AvgIpc) is 2.42. The fraction of sp³-hybridized carbons (Fsp3) is 0. The molecule has 0 amide bonds. The summed E-state index contributed by atoms with van der Waals surface area (Å²) in [6, 6.07) is 4.69. The van der Waals surface area contributed by atoms with Crippen molar-refractivity contribution in [3.05, 3.63) is 49.5 Å². The summed E-state index contributed by atoms with van der Waals surface area (Å²) in [5, 5.41) is 18.2. The van der Waals surface area contributed by atoms with Gasteiger partial charge < -0.3 is 0 Å². The van der Waals surface area contributed by atoms with Gasteiger partial charge in [-0.25, -0.2) is 0 Å². The summed E-state index contributed by atoms with van der Waals surface area (Å²) in [4.78, 5) is 7.91. The third kappa shape index (κ3) is 2.14. The highest BCUT2D eigenvalue weighted by Gasteiger charge is 2.10. The van der Waals surface area contributed by atoms with Gasteiger partial charge in [0.2, 0.25) is 0 Å². The van der Waals surface area contributed by atoms with Crippen LogP contribution in [-0.2, 0) is 0 Å². The monoisotopic (exact) mass is 253 g/mol. The number of aromatic nitrogens is 2. The zero-order valence-corrected chi connectivity index (χ0v) is 9.15. The minimum Gasteiger partial charge on any atom is -0.148 e. The minimum absolute atomic E-state index is 0.00406. The fourth-order valence-electron chi connectivity index (χ4n) is 1.52. The van der Waals surface area contributed by atoms with Crippen LogP contribution in [0.1, 0.15) is 0 Å². The van der Waals surface area contributed by atoms with Gasteiger partial charge in [0.05, 0.1) is 0 Å². The van der Waals surface area contributed by atoms with Gasteiger partial charge in [0, 0.05) is 31.2 Å². The number of fused-ring (bicyclic) bond motifs is 1. The maximum absolute atomic E-state index is 8.51. The molecule has 0 atom stereocenters. The van der Waals surface area contributed by atoms with Crippen LogP contribution in [0.4, 0.5) is 17.3 Å². The number of nitrogens with zero attached hydrogens (tertiary/aromatic N) is 11. The summed E-state index contributed by atoms with van der Waals surface area (Å²) in [5.41, 5.74) is 25.6. The van der Waals surface area contributed by atoms with Gasteiger partial charge >= 0.3 is 0 Å². The number of hydrogen-bond donors (Lipinski definition) is 0. The molecule has 90 valence electrons. The third-order valence-electron chi connectivity index (χ3n) is 2.18. The van der Waals surface area contributed by atoms with Gasteiger partial charge in [0.25, 0.3) is 0 Å². The van der Waals surface area contributed by atoms with Crippen molar-refractivity contribution in [2.24, 2.45) is 15.3 Å². The zero-order valence-electron chi connectivity index (χ0n) is 9.15. The first-order valence-corrected chi connectivity index (χ1v) is 4.76. The first-order valence-electron chi connectivity index (χ1n) is 4.76. The van der Waals surface area contributed by atoms with Crippen LogP contribution in [0.5, 0.6) is 0 Å². The first-order chi connectivity index (χ1) is 9.31. The van der Waals surface area contributed by atoms with Crippen molar-refractivity contribution in [3.8, 4) is 0 Å². The van der Waals surface area contributed by atoms with Crippen molar-refractivity contribution in [2.45, 2.75) is 0 Å². The van der Waals surface area contributed by atoms with Crippen molar-refractivity contribution in [1.82, 2.24) is 10.2 Å². The average molecular weight is 253 g/mol. The normalized spacial score (nSPS) is 9.05. The Morgan fingerprint density at radius 3 is 2.16 bits per heavy atom. The van der Waals surface area contributed by atoms with E-state index in [0.29, 0.717) is 5.39 Å². The van der Waals surface area contributed by atoms with Gasteiger partial charge in [-0.3, -0.25) is 0 Å². The lowest BCUT2D eigenvalue weighted by atomic mass is 10.1. The van der Waals surface area contributed by atoms with E-state index in [2.05, 4.69) is 40.3 Å². The van der Waals surface area contributed by atoms with E-state index in [1.54, 1.807) is 12.1 Å². The van der Waals surface area contributed by atoms with Crippen LogP contribution in [0.15, 0.2) is 33.5 Å². The van der Waals surface area contributed by atoms with E-state index in [-0.39, 0.29) is 22.7 Å². The van der Waals surface area contributed by atoms with Gasteiger partial charge in [-0.15, -0.1) is 10.2 Å². The van der Waals surface area contributed by atoms with E-state index in [4.69, 9.17) is 16.6 Å². The lowest BCUT2D eigenvalue weighted by Gasteiger charge is -2.04. The van der Waals surface area contributed by atoms with Gasteiger partial charge in [-0.05, 0) is 26.8 Å².